The monoisotopic (exact) mass is 404 g/mol. The molecule has 0 amide bonds. The average molecular weight is 405 g/mol. The summed E-state index contributed by atoms with van der Waals surface area (Å²) in [5, 5.41) is 0. The van der Waals surface area contributed by atoms with Crippen LogP contribution in [0.1, 0.15) is 17.4 Å². The average Bonchev–Trinajstić information content (AvgIpc) is 2.97. The first-order valence-corrected chi connectivity index (χ1v) is 12.6. The molecule has 0 bridgehead atoms. The van der Waals surface area contributed by atoms with Crippen LogP contribution < -0.4 is 0 Å². The third-order valence-electron chi connectivity index (χ3n) is 3.17. The van der Waals surface area contributed by atoms with Gasteiger partial charge < -0.3 is 9.47 Å². The lowest BCUT2D eigenvalue weighted by Crippen LogP contribution is -2.22. The van der Waals surface area contributed by atoms with Gasteiger partial charge in [-0.2, -0.15) is 0 Å². The molecule has 122 valence electrons. The van der Waals surface area contributed by atoms with Gasteiger partial charge in [-0.1, -0.05) is 19.6 Å². The molecule has 0 aliphatic rings. The van der Waals surface area contributed by atoms with Gasteiger partial charge in [-0.15, -0.1) is 11.3 Å². The highest BCUT2D eigenvalue weighted by molar-refractivity contribution is 9.10. The fourth-order valence-corrected chi connectivity index (χ4v) is 4.29. The number of aromatic nitrogens is 2. The molecule has 0 saturated carbocycles. The Morgan fingerprint density at radius 1 is 1.45 bits per heavy atom. The summed E-state index contributed by atoms with van der Waals surface area (Å²) in [6, 6.07) is 1.09. The molecule has 0 saturated heterocycles. The van der Waals surface area contributed by atoms with E-state index in [0.29, 0.717) is 25.6 Å². The zero-order valence-corrected chi connectivity index (χ0v) is 16.7. The fraction of sp³-hybridized carbons (Fsp3) is 0.571. The molecule has 0 fully saturated rings. The Bertz CT molecular complexity index is 663. The predicted molar refractivity (Wildman–Crippen MR) is 95.4 cm³/mol. The number of fused-ring (bicyclic) bond motifs is 1. The quantitative estimate of drug-likeness (QED) is 0.391. The van der Waals surface area contributed by atoms with Crippen LogP contribution in [0.2, 0.25) is 25.7 Å². The van der Waals surface area contributed by atoms with Crippen LogP contribution >= 0.6 is 27.3 Å². The number of rotatable bonds is 7. The lowest BCUT2D eigenvalue weighted by molar-refractivity contribution is 0.0475. The van der Waals surface area contributed by atoms with Crippen LogP contribution in [-0.4, -0.2) is 36.8 Å². The normalized spacial score (nSPS) is 12.0. The van der Waals surface area contributed by atoms with Gasteiger partial charge in [0.1, 0.15) is 12.4 Å². The first-order valence-electron chi connectivity index (χ1n) is 7.21. The van der Waals surface area contributed by atoms with Gasteiger partial charge in [0.05, 0.1) is 21.3 Å². The summed E-state index contributed by atoms with van der Waals surface area (Å²) >= 11 is 4.99. The topological polar surface area (TPSA) is 53.3 Å². The zero-order chi connectivity index (χ0) is 16.3. The molecule has 0 unspecified atom stereocenters. The highest BCUT2D eigenvalue weighted by atomic mass is 79.9. The van der Waals surface area contributed by atoms with Crippen molar-refractivity contribution in [3.8, 4) is 0 Å². The Hall–Kier alpha value is -0.703. The summed E-state index contributed by atoms with van der Waals surface area (Å²) in [6.07, 6.45) is 0. The van der Waals surface area contributed by atoms with Gasteiger partial charge in [-0.3, -0.25) is 4.57 Å². The molecule has 2 aromatic rings. The molecule has 0 aliphatic heterocycles. The van der Waals surface area contributed by atoms with Crippen molar-refractivity contribution in [3.63, 3.8) is 0 Å². The van der Waals surface area contributed by atoms with E-state index in [2.05, 4.69) is 40.6 Å². The van der Waals surface area contributed by atoms with Gasteiger partial charge in [0, 0.05) is 14.7 Å². The number of carbonyl (C=O) groups excluding carboxylic acids is 1. The third-order valence-corrected chi connectivity index (χ3v) is 6.74. The van der Waals surface area contributed by atoms with Crippen molar-refractivity contribution in [2.24, 2.45) is 0 Å². The van der Waals surface area contributed by atoms with Gasteiger partial charge >= 0.3 is 5.97 Å². The van der Waals surface area contributed by atoms with Gasteiger partial charge in [-0.25, -0.2) is 9.78 Å². The van der Waals surface area contributed by atoms with E-state index in [-0.39, 0.29) is 5.97 Å². The maximum Gasteiger partial charge on any atom is 0.356 e. The van der Waals surface area contributed by atoms with Crippen molar-refractivity contribution in [3.05, 3.63) is 15.7 Å². The maximum absolute atomic E-state index is 12.2. The largest absolute Gasteiger partial charge is 0.461 e. The van der Waals surface area contributed by atoms with E-state index in [1.165, 1.54) is 11.3 Å². The van der Waals surface area contributed by atoms with Crippen LogP contribution in [0.15, 0.2) is 9.98 Å². The summed E-state index contributed by atoms with van der Waals surface area (Å²) in [5.41, 5.74) is 3.00. The van der Waals surface area contributed by atoms with Crippen LogP contribution in [-0.2, 0) is 16.2 Å². The second-order valence-electron chi connectivity index (χ2n) is 6.16. The molecule has 2 aromatic heterocycles. The highest BCUT2D eigenvalue weighted by Crippen LogP contribution is 2.34. The van der Waals surface area contributed by atoms with Crippen LogP contribution in [0.25, 0.3) is 10.3 Å². The lowest BCUT2D eigenvalue weighted by Gasteiger charge is -2.16. The number of hydrogen-bond acceptors (Lipinski definition) is 5. The third kappa shape index (κ3) is 3.98. The molecular weight excluding hydrogens is 384 g/mol. The summed E-state index contributed by atoms with van der Waals surface area (Å²) in [7, 11) is -1.13. The SMILES string of the molecule is CCOC(=O)c1c(Br)c2scnc2n1COCC[Si](C)(C)C. The maximum atomic E-state index is 12.2. The van der Waals surface area contributed by atoms with E-state index >= 15 is 0 Å². The van der Waals surface area contributed by atoms with E-state index in [4.69, 9.17) is 9.47 Å². The second-order valence-corrected chi connectivity index (χ2v) is 13.4. The molecule has 8 heteroatoms. The number of hydrogen-bond donors (Lipinski definition) is 0. The van der Waals surface area contributed by atoms with Crippen molar-refractivity contribution in [2.45, 2.75) is 39.3 Å². The van der Waals surface area contributed by atoms with Crippen molar-refractivity contribution >= 4 is 51.7 Å². The van der Waals surface area contributed by atoms with Gasteiger partial charge in [-0.05, 0) is 28.9 Å². The molecule has 0 radical (unpaired) electrons. The smallest absolute Gasteiger partial charge is 0.356 e. The molecule has 2 heterocycles. The minimum atomic E-state index is -1.13. The molecule has 2 rings (SSSR count). The van der Waals surface area contributed by atoms with E-state index in [0.717, 1.165) is 20.9 Å². The highest BCUT2D eigenvalue weighted by Gasteiger charge is 2.24. The van der Waals surface area contributed by atoms with Crippen LogP contribution in [0, 0.1) is 0 Å². The minimum Gasteiger partial charge on any atom is -0.461 e. The van der Waals surface area contributed by atoms with Gasteiger partial charge in [0.2, 0.25) is 0 Å². The van der Waals surface area contributed by atoms with Crippen LogP contribution in [0.4, 0.5) is 0 Å². The Morgan fingerprint density at radius 3 is 2.82 bits per heavy atom. The van der Waals surface area contributed by atoms with Gasteiger partial charge in [0.25, 0.3) is 0 Å². The first kappa shape index (κ1) is 17.6. The lowest BCUT2D eigenvalue weighted by atomic mass is 10.4. The molecule has 0 aliphatic carbocycles. The number of carbonyl (C=O) groups is 1. The molecule has 0 N–H and O–H groups in total. The van der Waals surface area contributed by atoms with Crippen molar-refractivity contribution in [2.75, 3.05) is 13.2 Å². The molecule has 0 spiro atoms. The van der Waals surface area contributed by atoms with Crippen molar-refractivity contribution in [1.29, 1.82) is 0 Å². The Labute approximate surface area is 143 Å². The van der Waals surface area contributed by atoms with E-state index in [9.17, 15) is 4.79 Å². The first-order chi connectivity index (χ1) is 10.3. The molecule has 22 heavy (non-hydrogen) atoms. The summed E-state index contributed by atoms with van der Waals surface area (Å²) in [5.74, 6) is -0.353. The second kappa shape index (κ2) is 7.25. The van der Waals surface area contributed by atoms with Crippen LogP contribution in [0.3, 0.4) is 0 Å². The molecule has 0 aromatic carbocycles. The minimum absolute atomic E-state index is 0.310. The Balaban J connectivity index is 2.21. The van der Waals surface area contributed by atoms with Crippen molar-refractivity contribution in [1.82, 2.24) is 9.55 Å². The Morgan fingerprint density at radius 2 is 2.18 bits per heavy atom. The number of ether oxygens (including phenoxy) is 2. The fourth-order valence-electron chi connectivity index (χ4n) is 1.97. The summed E-state index contributed by atoms with van der Waals surface area (Å²) < 4.78 is 14.4. The molecular formula is C14H21BrN2O3SSi. The summed E-state index contributed by atoms with van der Waals surface area (Å²) in [6.45, 7) is 10.1. The van der Waals surface area contributed by atoms with Crippen molar-refractivity contribution < 1.29 is 14.3 Å². The number of nitrogens with zero attached hydrogens (tertiary/aromatic N) is 2. The standard InChI is InChI=1S/C14H21BrN2O3SSi/c1-5-20-14(18)11-10(15)12-13(16-8-21-12)17(11)9-19-6-7-22(2,3)4/h8H,5-7,9H2,1-4H3. The molecule has 5 nitrogen and oxygen atoms in total. The summed E-state index contributed by atoms with van der Waals surface area (Å²) in [4.78, 5) is 16.5. The number of esters is 1. The zero-order valence-electron chi connectivity index (χ0n) is 13.3. The van der Waals surface area contributed by atoms with E-state index < -0.39 is 8.07 Å². The predicted octanol–water partition coefficient (Wildman–Crippen LogP) is 4.35. The molecule has 0 atom stereocenters. The number of thiazole rings is 1. The van der Waals surface area contributed by atoms with Gasteiger partial charge in [0.15, 0.2) is 5.65 Å². The van der Waals surface area contributed by atoms with Crippen LogP contribution in [0.5, 0.6) is 0 Å². The number of halogens is 1. The van der Waals surface area contributed by atoms with E-state index in [1.54, 1.807) is 17.0 Å². The Kier molecular flexibility index (Phi) is 5.81. The van der Waals surface area contributed by atoms with E-state index in [1.807, 2.05) is 0 Å².